The molecule has 0 fully saturated rings. The molecule has 5 rings (SSSR count). The summed E-state index contributed by atoms with van der Waals surface area (Å²) in [6.07, 6.45) is 3.82. The minimum Gasteiger partial charge on any atom is -0.458 e. The first-order chi connectivity index (χ1) is 15.8. The van der Waals surface area contributed by atoms with Gasteiger partial charge in [0, 0.05) is 29.7 Å². The average molecular weight is 450 g/mol. The van der Waals surface area contributed by atoms with Crippen molar-refractivity contribution in [3.8, 4) is 11.4 Å². The summed E-state index contributed by atoms with van der Waals surface area (Å²) in [5.41, 5.74) is 1.89. The number of aliphatic hydroxyl groups is 1. The number of hydrogen-bond donors (Lipinski definition) is 1. The number of methoxy groups -OCH3 is 1. The Morgan fingerprint density at radius 2 is 2.09 bits per heavy atom. The summed E-state index contributed by atoms with van der Waals surface area (Å²) < 4.78 is 26.2. The van der Waals surface area contributed by atoms with Crippen molar-refractivity contribution in [2.45, 2.75) is 39.0 Å². The molecule has 7 nitrogen and oxygen atoms in total. The van der Waals surface area contributed by atoms with Crippen molar-refractivity contribution in [1.82, 2.24) is 9.55 Å². The van der Waals surface area contributed by atoms with Crippen LogP contribution in [0.4, 0.5) is 4.39 Å². The number of nitrogens with zero attached hydrogens (tertiary/aromatic N) is 2. The Balaban J connectivity index is 1.82. The van der Waals surface area contributed by atoms with Crippen molar-refractivity contribution < 1.29 is 23.8 Å². The molecule has 1 atom stereocenters. The van der Waals surface area contributed by atoms with E-state index in [-0.39, 0.29) is 42.1 Å². The molecule has 0 radical (unpaired) electrons. The first-order valence-electron chi connectivity index (χ1n) is 10.8. The summed E-state index contributed by atoms with van der Waals surface area (Å²) in [5.74, 6) is -1.14. The number of ether oxygens (including phenoxy) is 2. The van der Waals surface area contributed by atoms with Crippen LogP contribution in [0.3, 0.4) is 0 Å². The minimum atomic E-state index is -1.90. The lowest BCUT2D eigenvalue weighted by Gasteiger charge is -2.31. The Morgan fingerprint density at radius 3 is 2.82 bits per heavy atom. The number of cyclic esters (lactones) is 1. The van der Waals surface area contributed by atoms with Crippen molar-refractivity contribution in [1.29, 1.82) is 0 Å². The van der Waals surface area contributed by atoms with Gasteiger partial charge >= 0.3 is 5.97 Å². The summed E-state index contributed by atoms with van der Waals surface area (Å²) in [5, 5.41) is 11.8. The van der Waals surface area contributed by atoms with Crippen molar-refractivity contribution in [2.24, 2.45) is 0 Å². The van der Waals surface area contributed by atoms with Crippen molar-refractivity contribution in [2.75, 3.05) is 13.7 Å². The topological polar surface area (TPSA) is 90.7 Å². The maximum absolute atomic E-state index is 14.4. The van der Waals surface area contributed by atoms with E-state index in [1.54, 1.807) is 37.7 Å². The normalized spacial score (nSPS) is 19.0. The van der Waals surface area contributed by atoms with Crippen LogP contribution in [0.25, 0.3) is 28.4 Å². The zero-order chi connectivity index (χ0) is 23.5. The number of esters is 1. The van der Waals surface area contributed by atoms with Gasteiger partial charge in [-0.15, -0.1) is 0 Å². The van der Waals surface area contributed by atoms with Crippen LogP contribution in [-0.2, 0) is 33.0 Å². The van der Waals surface area contributed by atoms with Crippen LogP contribution in [-0.4, -0.2) is 34.3 Å². The van der Waals surface area contributed by atoms with Crippen LogP contribution in [0, 0.1) is 12.7 Å². The van der Waals surface area contributed by atoms with Gasteiger partial charge in [-0.25, -0.2) is 14.2 Å². The molecule has 2 aliphatic heterocycles. The Hall–Kier alpha value is -3.36. The zero-order valence-corrected chi connectivity index (χ0v) is 18.6. The van der Waals surface area contributed by atoms with E-state index in [4.69, 9.17) is 14.5 Å². The molecule has 0 spiro atoms. The molecule has 3 aromatic rings. The molecule has 0 saturated heterocycles. The third-order valence-electron chi connectivity index (χ3n) is 6.56. The third-order valence-corrected chi connectivity index (χ3v) is 6.56. The number of carbonyl (C=O) groups is 1. The fraction of sp³-hybridized carbons (Fsp3) is 0.320. The fourth-order valence-corrected chi connectivity index (χ4v) is 4.69. The predicted octanol–water partition coefficient (Wildman–Crippen LogP) is 3.19. The smallest absolute Gasteiger partial charge is 0.343 e. The van der Waals surface area contributed by atoms with Crippen molar-refractivity contribution in [3.05, 3.63) is 68.3 Å². The highest BCUT2D eigenvalue weighted by Crippen LogP contribution is 2.40. The second kappa shape index (κ2) is 7.60. The number of carbonyl (C=O) groups excluding carboxylic acids is 1. The van der Waals surface area contributed by atoms with E-state index < -0.39 is 11.6 Å². The number of pyridine rings is 2. The van der Waals surface area contributed by atoms with Gasteiger partial charge < -0.3 is 19.1 Å². The van der Waals surface area contributed by atoms with E-state index in [1.165, 1.54) is 6.07 Å². The molecule has 0 saturated carbocycles. The molecule has 8 heteroatoms. The summed E-state index contributed by atoms with van der Waals surface area (Å²) in [4.78, 5) is 30.5. The number of rotatable bonds is 4. The SMILES string of the molecule is CC[C@@]1(O)C(=O)OCc2c1cc1n(c2=O)Cc2c-1nc1cc(F)c(C)cc1c2/C=C/COC. The summed E-state index contributed by atoms with van der Waals surface area (Å²) in [6, 6.07) is 4.79. The molecule has 1 N–H and O–H groups in total. The Labute approximate surface area is 189 Å². The zero-order valence-electron chi connectivity index (χ0n) is 18.6. The molecule has 0 unspecified atom stereocenters. The number of aryl methyl sites for hydroxylation is 1. The molecule has 2 aromatic heterocycles. The molecular weight excluding hydrogens is 427 g/mol. The molecular formula is C25H23FN2O5. The molecule has 0 aliphatic carbocycles. The second-order valence-corrected chi connectivity index (χ2v) is 8.43. The molecule has 0 amide bonds. The molecule has 2 aliphatic rings. The highest BCUT2D eigenvalue weighted by atomic mass is 19.1. The number of halogens is 1. The van der Waals surface area contributed by atoms with E-state index in [9.17, 15) is 19.1 Å². The average Bonchev–Trinajstić information content (AvgIpc) is 3.16. The van der Waals surface area contributed by atoms with Gasteiger partial charge in [0.25, 0.3) is 5.56 Å². The van der Waals surface area contributed by atoms with Gasteiger partial charge in [-0.1, -0.05) is 19.1 Å². The maximum Gasteiger partial charge on any atom is 0.343 e. The van der Waals surface area contributed by atoms with Gasteiger partial charge in [-0.05, 0) is 36.6 Å². The van der Waals surface area contributed by atoms with Crippen molar-refractivity contribution >= 4 is 22.9 Å². The van der Waals surface area contributed by atoms with Crippen LogP contribution < -0.4 is 5.56 Å². The van der Waals surface area contributed by atoms with Crippen LogP contribution in [0.15, 0.2) is 29.1 Å². The Morgan fingerprint density at radius 1 is 1.30 bits per heavy atom. The predicted molar refractivity (Wildman–Crippen MR) is 120 cm³/mol. The number of aromatic nitrogens is 2. The fourth-order valence-electron chi connectivity index (χ4n) is 4.69. The van der Waals surface area contributed by atoms with Gasteiger partial charge in [0.05, 0.1) is 35.6 Å². The van der Waals surface area contributed by atoms with E-state index >= 15 is 0 Å². The maximum atomic E-state index is 14.4. The van der Waals surface area contributed by atoms with Gasteiger partial charge in [-0.2, -0.15) is 0 Å². The van der Waals surface area contributed by atoms with Gasteiger partial charge in [0.2, 0.25) is 0 Å². The quantitative estimate of drug-likeness (QED) is 0.481. The Bertz CT molecular complexity index is 1430. The first kappa shape index (κ1) is 21.5. The number of fused-ring (bicyclic) bond motifs is 5. The van der Waals surface area contributed by atoms with Crippen molar-refractivity contribution in [3.63, 3.8) is 0 Å². The van der Waals surface area contributed by atoms with Crippen LogP contribution in [0.1, 0.15) is 41.2 Å². The first-order valence-corrected chi connectivity index (χ1v) is 10.8. The third kappa shape index (κ3) is 3.05. The lowest BCUT2D eigenvalue weighted by molar-refractivity contribution is -0.172. The standard InChI is InChI=1S/C25H23FN2O5/c1-4-25(31)18-9-21-22-16(11-28(21)23(29)17(18)12-33-24(25)30)14(6-5-7-32-3)15-8-13(2)19(26)10-20(15)27-22/h5-6,8-10,31H,4,7,11-12H2,1-3H3/b6-5+/t25-/m0/s1. The molecule has 1 aromatic carbocycles. The summed E-state index contributed by atoms with van der Waals surface area (Å²) in [7, 11) is 1.59. The van der Waals surface area contributed by atoms with Crippen LogP contribution >= 0.6 is 0 Å². The van der Waals surface area contributed by atoms with E-state index in [2.05, 4.69) is 0 Å². The highest BCUT2D eigenvalue weighted by molar-refractivity contribution is 5.94. The van der Waals surface area contributed by atoms with Gasteiger partial charge in [0.1, 0.15) is 12.4 Å². The van der Waals surface area contributed by atoms with Crippen LogP contribution in [0.2, 0.25) is 0 Å². The monoisotopic (exact) mass is 450 g/mol. The lowest BCUT2D eigenvalue weighted by atomic mass is 9.86. The molecule has 4 heterocycles. The molecule has 0 bridgehead atoms. The summed E-state index contributed by atoms with van der Waals surface area (Å²) in [6.45, 7) is 3.82. The Kier molecular flexibility index (Phi) is 4.95. The van der Waals surface area contributed by atoms with Gasteiger partial charge in [-0.3, -0.25) is 4.79 Å². The largest absolute Gasteiger partial charge is 0.458 e. The lowest BCUT2D eigenvalue weighted by Crippen LogP contribution is -2.44. The number of hydrogen-bond acceptors (Lipinski definition) is 6. The van der Waals surface area contributed by atoms with Crippen LogP contribution in [0.5, 0.6) is 0 Å². The highest BCUT2D eigenvalue weighted by Gasteiger charge is 2.45. The van der Waals surface area contributed by atoms with Gasteiger partial charge in [0.15, 0.2) is 5.60 Å². The van der Waals surface area contributed by atoms with E-state index in [0.29, 0.717) is 29.1 Å². The second-order valence-electron chi connectivity index (χ2n) is 8.43. The molecule has 170 valence electrons. The number of benzene rings is 1. The van der Waals surface area contributed by atoms with E-state index in [1.807, 2.05) is 12.2 Å². The van der Waals surface area contributed by atoms with E-state index in [0.717, 1.165) is 16.5 Å². The minimum absolute atomic E-state index is 0.0647. The summed E-state index contributed by atoms with van der Waals surface area (Å²) >= 11 is 0. The molecule has 33 heavy (non-hydrogen) atoms.